The number of hydrogen-bond donors (Lipinski definition) is 2. The maximum absolute atomic E-state index is 11.2. The van der Waals surface area contributed by atoms with Gasteiger partial charge in [0.2, 0.25) is 0 Å². The Morgan fingerprint density at radius 1 is 1.39 bits per heavy atom. The van der Waals surface area contributed by atoms with Crippen LogP contribution in [0.5, 0.6) is 5.75 Å². The van der Waals surface area contributed by atoms with Gasteiger partial charge in [0.05, 0.1) is 11.0 Å². The summed E-state index contributed by atoms with van der Waals surface area (Å²) in [5.41, 5.74) is 0.261. The quantitative estimate of drug-likeness (QED) is 0.494. The van der Waals surface area contributed by atoms with Crippen LogP contribution in [-0.2, 0) is 10.8 Å². The normalized spacial score (nSPS) is 23.6. The van der Waals surface area contributed by atoms with E-state index in [0.717, 1.165) is 18.9 Å². The highest BCUT2D eigenvalue weighted by Gasteiger charge is 2.21. The molecule has 0 unspecified atom stereocenters. The molecule has 1 aliphatic heterocycles. The Labute approximate surface area is 107 Å². The second-order valence-corrected chi connectivity index (χ2v) is 5.92. The lowest BCUT2D eigenvalue weighted by atomic mass is 10.1. The Hall–Kier alpha value is -1.63. The summed E-state index contributed by atoms with van der Waals surface area (Å²) in [5.74, 6) is 1.13. The molecule has 1 fully saturated rings. The Balaban J connectivity index is 2.13. The fraction of sp³-hybridized carbons (Fsp3) is 0.455. The van der Waals surface area contributed by atoms with Gasteiger partial charge in [-0.15, -0.1) is 0 Å². The van der Waals surface area contributed by atoms with Gasteiger partial charge >= 0.3 is 0 Å². The molecule has 2 N–H and O–H groups in total. The Bertz CT molecular complexity index is 482. The summed E-state index contributed by atoms with van der Waals surface area (Å²) in [6, 6.07) is 4.14. The van der Waals surface area contributed by atoms with Gasteiger partial charge in [-0.2, -0.15) is 0 Å². The van der Waals surface area contributed by atoms with Crippen molar-refractivity contribution in [3.05, 3.63) is 28.3 Å². The largest absolute Gasteiger partial charge is 0.508 e. The van der Waals surface area contributed by atoms with Gasteiger partial charge in [-0.1, -0.05) is 0 Å². The Morgan fingerprint density at radius 2 is 2.06 bits per heavy atom. The minimum atomic E-state index is -0.751. The van der Waals surface area contributed by atoms with Crippen LogP contribution >= 0.6 is 0 Å². The van der Waals surface area contributed by atoms with E-state index in [2.05, 4.69) is 5.32 Å². The minimum Gasteiger partial charge on any atom is -0.508 e. The number of nitrogens with one attached hydrogen (secondary N) is 1. The molecule has 1 aliphatic rings. The van der Waals surface area contributed by atoms with E-state index in [0.29, 0.717) is 17.2 Å². The first kappa shape index (κ1) is 12.8. The van der Waals surface area contributed by atoms with Crippen LogP contribution in [0.1, 0.15) is 12.8 Å². The van der Waals surface area contributed by atoms with Crippen LogP contribution < -0.4 is 5.32 Å². The highest BCUT2D eigenvalue weighted by molar-refractivity contribution is 7.85. The number of hydrogen-bond acceptors (Lipinski definition) is 5. The lowest BCUT2D eigenvalue weighted by Gasteiger charge is -2.23. The molecule has 7 heteroatoms. The minimum absolute atomic E-state index is 0.103. The molecular formula is C11H14N2O4S. The number of aromatic hydroxyl groups is 1. The van der Waals surface area contributed by atoms with E-state index < -0.39 is 15.7 Å². The molecule has 1 aromatic carbocycles. The van der Waals surface area contributed by atoms with Crippen LogP contribution in [-0.4, -0.2) is 31.8 Å². The molecule has 6 nitrogen and oxygen atoms in total. The van der Waals surface area contributed by atoms with E-state index in [1.807, 2.05) is 0 Å². The molecule has 2 rings (SSSR count). The zero-order valence-corrected chi connectivity index (χ0v) is 10.5. The first-order chi connectivity index (χ1) is 8.56. The summed E-state index contributed by atoms with van der Waals surface area (Å²) >= 11 is 0. The van der Waals surface area contributed by atoms with E-state index in [1.54, 1.807) is 0 Å². The van der Waals surface area contributed by atoms with Crippen LogP contribution in [0.25, 0.3) is 0 Å². The van der Waals surface area contributed by atoms with Crippen molar-refractivity contribution in [1.82, 2.24) is 0 Å². The molecule has 0 radical (unpaired) electrons. The summed E-state index contributed by atoms with van der Waals surface area (Å²) < 4.78 is 11.2. The highest BCUT2D eigenvalue weighted by atomic mass is 32.2. The van der Waals surface area contributed by atoms with Gasteiger partial charge in [-0.25, -0.2) is 0 Å². The van der Waals surface area contributed by atoms with Gasteiger partial charge in [0.15, 0.2) is 0 Å². The predicted octanol–water partition coefficient (Wildman–Crippen LogP) is 1.62. The van der Waals surface area contributed by atoms with Gasteiger partial charge in [-0.3, -0.25) is 14.3 Å². The van der Waals surface area contributed by atoms with Crippen LogP contribution in [0.3, 0.4) is 0 Å². The van der Waals surface area contributed by atoms with E-state index in [-0.39, 0.29) is 17.5 Å². The molecule has 0 bridgehead atoms. The SMILES string of the molecule is O=[N+]([O-])c1cc(O)ccc1NC1CCS(=O)CC1. The molecule has 0 aliphatic carbocycles. The monoisotopic (exact) mass is 270 g/mol. The number of anilines is 1. The van der Waals surface area contributed by atoms with Crippen LogP contribution in [0.4, 0.5) is 11.4 Å². The Kier molecular flexibility index (Phi) is 3.81. The van der Waals surface area contributed by atoms with Gasteiger partial charge in [0.1, 0.15) is 11.4 Å². The smallest absolute Gasteiger partial charge is 0.296 e. The summed E-state index contributed by atoms with van der Waals surface area (Å²) in [7, 11) is -0.751. The Morgan fingerprint density at radius 3 is 2.67 bits per heavy atom. The molecule has 1 aromatic rings. The van der Waals surface area contributed by atoms with Crippen LogP contribution in [0.15, 0.2) is 18.2 Å². The molecule has 0 atom stereocenters. The van der Waals surface area contributed by atoms with E-state index in [1.165, 1.54) is 12.1 Å². The average Bonchev–Trinajstić information content (AvgIpc) is 2.34. The molecule has 1 heterocycles. The van der Waals surface area contributed by atoms with Gasteiger partial charge in [-0.05, 0) is 25.0 Å². The van der Waals surface area contributed by atoms with Gasteiger partial charge in [0.25, 0.3) is 5.69 Å². The van der Waals surface area contributed by atoms with Crippen molar-refractivity contribution in [2.75, 3.05) is 16.8 Å². The average molecular weight is 270 g/mol. The summed E-state index contributed by atoms with van der Waals surface area (Å²) in [6.07, 6.45) is 1.48. The van der Waals surface area contributed by atoms with Crippen LogP contribution in [0.2, 0.25) is 0 Å². The lowest BCUT2D eigenvalue weighted by Crippen LogP contribution is -2.29. The fourth-order valence-electron chi connectivity index (χ4n) is 1.95. The van der Waals surface area contributed by atoms with Crippen LogP contribution in [0, 0.1) is 10.1 Å². The van der Waals surface area contributed by atoms with Crippen molar-refractivity contribution in [2.24, 2.45) is 0 Å². The number of phenols is 1. The van der Waals surface area contributed by atoms with Crippen molar-refractivity contribution in [3.8, 4) is 5.75 Å². The maximum atomic E-state index is 11.2. The number of nitro benzene ring substituents is 1. The number of nitrogens with zero attached hydrogens (tertiary/aromatic N) is 1. The first-order valence-corrected chi connectivity index (χ1v) is 7.14. The zero-order valence-electron chi connectivity index (χ0n) is 9.67. The maximum Gasteiger partial charge on any atom is 0.296 e. The number of rotatable bonds is 3. The number of benzene rings is 1. The summed E-state index contributed by atoms with van der Waals surface area (Å²) in [6.45, 7) is 0. The second kappa shape index (κ2) is 5.34. The third-order valence-electron chi connectivity index (χ3n) is 2.93. The summed E-state index contributed by atoms with van der Waals surface area (Å²) in [5, 5.41) is 23.2. The molecule has 1 saturated heterocycles. The third-order valence-corrected chi connectivity index (χ3v) is 4.31. The molecule has 98 valence electrons. The number of phenolic OH excluding ortho intramolecular Hbond substituents is 1. The highest BCUT2D eigenvalue weighted by Crippen LogP contribution is 2.30. The first-order valence-electron chi connectivity index (χ1n) is 5.65. The molecular weight excluding hydrogens is 256 g/mol. The van der Waals surface area contributed by atoms with Crippen molar-refractivity contribution in [3.63, 3.8) is 0 Å². The van der Waals surface area contributed by atoms with E-state index >= 15 is 0 Å². The second-order valence-electron chi connectivity index (χ2n) is 4.23. The standard InChI is InChI=1S/C11H14N2O4S/c14-9-1-2-10(11(7-9)13(15)16)12-8-3-5-18(17)6-4-8/h1-2,7-8,12,14H,3-6H2. The summed E-state index contributed by atoms with van der Waals surface area (Å²) in [4.78, 5) is 10.3. The van der Waals surface area contributed by atoms with Gasteiger partial charge in [0, 0.05) is 28.3 Å². The molecule has 0 amide bonds. The van der Waals surface area contributed by atoms with Crippen molar-refractivity contribution in [1.29, 1.82) is 0 Å². The molecule has 0 saturated carbocycles. The van der Waals surface area contributed by atoms with Gasteiger partial charge < -0.3 is 10.4 Å². The molecule has 0 aromatic heterocycles. The van der Waals surface area contributed by atoms with Crippen molar-refractivity contribution >= 4 is 22.2 Å². The van der Waals surface area contributed by atoms with Crippen molar-refractivity contribution in [2.45, 2.75) is 18.9 Å². The lowest BCUT2D eigenvalue weighted by molar-refractivity contribution is -0.384. The molecule has 0 spiro atoms. The van der Waals surface area contributed by atoms with Crippen molar-refractivity contribution < 1.29 is 14.2 Å². The fourth-order valence-corrected chi connectivity index (χ4v) is 3.25. The zero-order chi connectivity index (χ0) is 13.1. The topological polar surface area (TPSA) is 92.5 Å². The van der Waals surface area contributed by atoms with E-state index in [9.17, 15) is 19.4 Å². The third kappa shape index (κ3) is 2.98. The van der Waals surface area contributed by atoms with E-state index in [4.69, 9.17) is 0 Å². The predicted molar refractivity (Wildman–Crippen MR) is 69.3 cm³/mol. The molecule has 18 heavy (non-hydrogen) atoms. The number of nitro groups is 1.